The van der Waals surface area contributed by atoms with Gasteiger partial charge in [-0.2, -0.15) is 0 Å². The first-order valence-electron chi connectivity index (χ1n) is 7.05. The third-order valence-corrected chi connectivity index (χ3v) is 3.59. The number of nitrogens with zero attached hydrogens (tertiary/aromatic N) is 2. The highest BCUT2D eigenvalue weighted by Gasteiger charge is 2.09. The predicted octanol–water partition coefficient (Wildman–Crippen LogP) is 2.99. The molecule has 3 aromatic rings. The highest BCUT2D eigenvalue weighted by molar-refractivity contribution is 5.94. The molecule has 106 valence electrons. The van der Waals surface area contributed by atoms with Crippen LogP contribution in [-0.4, -0.2) is 15.5 Å². The molecule has 0 aliphatic rings. The Bertz CT molecular complexity index is 762. The van der Waals surface area contributed by atoms with Crippen molar-refractivity contribution in [3.8, 4) is 0 Å². The van der Waals surface area contributed by atoms with Gasteiger partial charge in [0.2, 0.25) is 0 Å². The molecule has 2 aromatic heterocycles. The van der Waals surface area contributed by atoms with E-state index in [1.54, 1.807) is 24.5 Å². The molecule has 0 saturated carbocycles. The Morgan fingerprint density at radius 2 is 1.95 bits per heavy atom. The molecular weight excluding hydrogens is 262 g/mol. The lowest BCUT2D eigenvalue weighted by atomic mass is 10.2. The number of rotatable bonds is 4. The SMILES string of the molecule is CCn1c(CNC(=O)c2ccncc2)cc2ccccc21. The first-order chi connectivity index (χ1) is 10.3. The van der Waals surface area contributed by atoms with Crippen LogP contribution in [0, 0.1) is 0 Å². The van der Waals surface area contributed by atoms with Crippen molar-refractivity contribution < 1.29 is 4.79 Å². The molecule has 0 saturated heterocycles. The standard InChI is InChI=1S/C17H17N3O/c1-2-20-15(11-14-5-3-4-6-16(14)20)12-19-17(21)13-7-9-18-10-8-13/h3-11H,2,12H2,1H3,(H,19,21). The van der Waals surface area contributed by atoms with E-state index >= 15 is 0 Å². The van der Waals surface area contributed by atoms with Crippen molar-refractivity contribution in [2.24, 2.45) is 0 Å². The number of hydrogen-bond donors (Lipinski definition) is 1. The summed E-state index contributed by atoms with van der Waals surface area (Å²) in [4.78, 5) is 16.0. The van der Waals surface area contributed by atoms with Crippen molar-refractivity contribution in [1.29, 1.82) is 0 Å². The second-order valence-corrected chi connectivity index (χ2v) is 4.86. The van der Waals surface area contributed by atoms with E-state index in [4.69, 9.17) is 0 Å². The van der Waals surface area contributed by atoms with Gasteiger partial charge in [-0.25, -0.2) is 0 Å². The number of aromatic nitrogens is 2. The number of aryl methyl sites for hydroxylation is 1. The summed E-state index contributed by atoms with van der Waals surface area (Å²) in [6, 6.07) is 13.8. The number of carbonyl (C=O) groups excluding carboxylic acids is 1. The Labute approximate surface area is 123 Å². The minimum absolute atomic E-state index is 0.0784. The monoisotopic (exact) mass is 279 g/mol. The molecule has 0 aliphatic heterocycles. The van der Waals surface area contributed by atoms with Gasteiger partial charge in [0.05, 0.1) is 6.54 Å². The molecule has 0 spiro atoms. The molecule has 0 bridgehead atoms. The van der Waals surface area contributed by atoms with E-state index in [-0.39, 0.29) is 5.91 Å². The number of carbonyl (C=O) groups is 1. The van der Waals surface area contributed by atoms with Crippen LogP contribution in [0.25, 0.3) is 10.9 Å². The van der Waals surface area contributed by atoms with Crippen LogP contribution in [0.5, 0.6) is 0 Å². The number of amides is 1. The minimum Gasteiger partial charge on any atom is -0.346 e. The smallest absolute Gasteiger partial charge is 0.251 e. The molecule has 2 heterocycles. The summed E-state index contributed by atoms with van der Waals surface area (Å²) >= 11 is 0. The third-order valence-electron chi connectivity index (χ3n) is 3.59. The molecule has 0 fully saturated rings. The number of fused-ring (bicyclic) bond motifs is 1. The largest absolute Gasteiger partial charge is 0.346 e. The highest BCUT2D eigenvalue weighted by atomic mass is 16.1. The maximum Gasteiger partial charge on any atom is 0.251 e. The Morgan fingerprint density at radius 1 is 1.19 bits per heavy atom. The predicted molar refractivity (Wildman–Crippen MR) is 83.0 cm³/mol. The van der Waals surface area contributed by atoms with E-state index in [1.807, 2.05) is 12.1 Å². The van der Waals surface area contributed by atoms with Crippen molar-refractivity contribution >= 4 is 16.8 Å². The van der Waals surface area contributed by atoms with Gasteiger partial charge in [-0.05, 0) is 36.6 Å². The summed E-state index contributed by atoms with van der Waals surface area (Å²) in [5.74, 6) is -0.0784. The van der Waals surface area contributed by atoms with Crippen molar-refractivity contribution in [3.05, 3.63) is 66.1 Å². The van der Waals surface area contributed by atoms with Gasteiger partial charge in [-0.15, -0.1) is 0 Å². The van der Waals surface area contributed by atoms with Crippen LogP contribution in [0.2, 0.25) is 0 Å². The molecule has 4 heteroatoms. The summed E-state index contributed by atoms with van der Waals surface area (Å²) in [5, 5.41) is 4.16. The van der Waals surface area contributed by atoms with Crippen molar-refractivity contribution in [2.45, 2.75) is 20.0 Å². The van der Waals surface area contributed by atoms with Crippen LogP contribution in [0.4, 0.5) is 0 Å². The Hall–Kier alpha value is -2.62. The Balaban J connectivity index is 1.81. The molecular formula is C17H17N3O. The third kappa shape index (κ3) is 2.65. The van der Waals surface area contributed by atoms with E-state index in [2.05, 4.69) is 40.0 Å². The van der Waals surface area contributed by atoms with E-state index < -0.39 is 0 Å². The lowest BCUT2D eigenvalue weighted by molar-refractivity contribution is 0.0950. The average molecular weight is 279 g/mol. The number of hydrogen-bond acceptors (Lipinski definition) is 2. The van der Waals surface area contributed by atoms with E-state index in [1.165, 1.54) is 10.9 Å². The summed E-state index contributed by atoms with van der Waals surface area (Å²) in [7, 11) is 0. The fourth-order valence-corrected chi connectivity index (χ4v) is 2.56. The van der Waals surface area contributed by atoms with Gasteiger partial charge in [-0.1, -0.05) is 18.2 Å². The van der Waals surface area contributed by atoms with Gasteiger partial charge in [0, 0.05) is 35.7 Å². The molecule has 0 radical (unpaired) electrons. The maximum absolute atomic E-state index is 12.1. The number of nitrogens with one attached hydrogen (secondary N) is 1. The molecule has 0 atom stereocenters. The van der Waals surface area contributed by atoms with Crippen LogP contribution >= 0.6 is 0 Å². The maximum atomic E-state index is 12.1. The second-order valence-electron chi connectivity index (χ2n) is 4.86. The fraction of sp³-hybridized carbons (Fsp3) is 0.176. The van der Waals surface area contributed by atoms with Crippen LogP contribution < -0.4 is 5.32 Å². The molecule has 0 unspecified atom stereocenters. The lowest BCUT2D eigenvalue weighted by Crippen LogP contribution is -2.24. The zero-order chi connectivity index (χ0) is 14.7. The highest BCUT2D eigenvalue weighted by Crippen LogP contribution is 2.19. The van der Waals surface area contributed by atoms with Gasteiger partial charge in [0.1, 0.15) is 0 Å². The number of pyridine rings is 1. The summed E-state index contributed by atoms with van der Waals surface area (Å²) in [6.07, 6.45) is 3.25. The van der Waals surface area contributed by atoms with Crippen LogP contribution in [0.3, 0.4) is 0 Å². The normalized spacial score (nSPS) is 10.7. The molecule has 4 nitrogen and oxygen atoms in total. The average Bonchev–Trinajstić information content (AvgIpc) is 2.91. The van der Waals surface area contributed by atoms with Crippen molar-refractivity contribution in [3.63, 3.8) is 0 Å². The van der Waals surface area contributed by atoms with Gasteiger partial charge >= 0.3 is 0 Å². The van der Waals surface area contributed by atoms with Crippen LogP contribution in [0.1, 0.15) is 23.0 Å². The Morgan fingerprint density at radius 3 is 2.71 bits per heavy atom. The van der Waals surface area contributed by atoms with E-state index in [0.29, 0.717) is 12.1 Å². The topological polar surface area (TPSA) is 46.9 Å². The molecule has 0 aliphatic carbocycles. The van der Waals surface area contributed by atoms with Crippen molar-refractivity contribution in [1.82, 2.24) is 14.9 Å². The van der Waals surface area contributed by atoms with Crippen molar-refractivity contribution in [2.75, 3.05) is 0 Å². The molecule has 1 amide bonds. The van der Waals surface area contributed by atoms with Gasteiger partial charge in [-0.3, -0.25) is 9.78 Å². The van der Waals surface area contributed by atoms with Gasteiger partial charge < -0.3 is 9.88 Å². The second kappa shape index (κ2) is 5.79. The summed E-state index contributed by atoms with van der Waals surface area (Å²) in [6.45, 7) is 3.51. The van der Waals surface area contributed by atoms with Gasteiger partial charge in [0.25, 0.3) is 5.91 Å². The lowest BCUT2D eigenvalue weighted by Gasteiger charge is -2.09. The molecule has 3 rings (SSSR count). The quantitative estimate of drug-likeness (QED) is 0.798. The van der Waals surface area contributed by atoms with Gasteiger partial charge in [0.15, 0.2) is 0 Å². The van der Waals surface area contributed by atoms with E-state index in [0.717, 1.165) is 12.2 Å². The zero-order valence-corrected chi connectivity index (χ0v) is 11.9. The van der Waals surface area contributed by atoms with Crippen LogP contribution in [-0.2, 0) is 13.1 Å². The first kappa shape index (κ1) is 13.4. The van der Waals surface area contributed by atoms with E-state index in [9.17, 15) is 4.79 Å². The first-order valence-corrected chi connectivity index (χ1v) is 7.05. The number of benzene rings is 1. The summed E-state index contributed by atoms with van der Waals surface area (Å²) < 4.78 is 2.22. The molecule has 1 N–H and O–H groups in total. The summed E-state index contributed by atoms with van der Waals surface area (Å²) in [5.41, 5.74) is 2.94. The fourth-order valence-electron chi connectivity index (χ4n) is 2.56. The molecule has 1 aromatic carbocycles. The molecule has 21 heavy (non-hydrogen) atoms. The number of para-hydroxylation sites is 1. The zero-order valence-electron chi connectivity index (χ0n) is 11.9. The Kier molecular flexibility index (Phi) is 3.69. The van der Waals surface area contributed by atoms with Crippen LogP contribution in [0.15, 0.2) is 54.9 Å². The minimum atomic E-state index is -0.0784.